The number of imidazole rings is 1. The minimum absolute atomic E-state index is 0.111. The second kappa shape index (κ2) is 8.18. The van der Waals surface area contributed by atoms with Crippen molar-refractivity contribution in [2.45, 2.75) is 38.2 Å². The summed E-state index contributed by atoms with van der Waals surface area (Å²) in [5.41, 5.74) is -0.900. The second-order valence-electron chi connectivity index (χ2n) is 7.74. The highest BCUT2D eigenvalue weighted by Crippen LogP contribution is 2.37. The summed E-state index contributed by atoms with van der Waals surface area (Å²) in [5.74, 6) is 0.301. The van der Waals surface area contributed by atoms with Crippen molar-refractivity contribution in [3.63, 3.8) is 0 Å². The molecule has 11 heteroatoms. The first-order valence-corrected chi connectivity index (χ1v) is 10.2. The molecule has 0 radical (unpaired) electrons. The number of pyridine rings is 1. The molecule has 3 heterocycles. The Bertz CT molecular complexity index is 1090. The van der Waals surface area contributed by atoms with Gasteiger partial charge in [0.2, 0.25) is 5.95 Å². The number of aromatic amines is 1. The second-order valence-corrected chi connectivity index (χ2v) is 7.74. The zero-order valence-corrected chi connectivity index (χ0v) is 17.1. The molecule has 3 aromatic rings. The summed E-state index contributed by atoms with van der Waals surface area (Å²) in [6, 6.07) is 5.40. The van der Waals surface area contributed by atoms with Crippen LogP contribution < -0.4 is 9.80 Å². The Balaban J connectivity index is 1.62. The van der Waals surface area contributed by atoms with E-state index in [1.807, 2.05) is 11.8 Å². The van der Waals surface area contributed by atoms with E-state index in [1.165, 1.54) is 18.3 Å². The van der Waals surface area contributed by atoms with Crippen LogP contribution in [0.3, 0.4) is 0 Å². The number of H-pyrrole nitrogens is 1. The summed E-state index contributed by atoms with van der Waals surface area (Å²) in [6.45, 7) is 2.88. The molecule has 5 nitrogen and oxygen atoms in total. The Morgan fingerprint density at radius 1 is 1.06 bits per heavy atom. The number of aromatic nitrogens is 3. The van der Waals surface area contributed by atoms with E-state index in [2.05, 4.69) is 15.0 Å². The van der Waals surface area contributed by atoms with Crippen LogP contribution in [-0.2, 0) is 12.4 Å². The highest BCUT2D eigenvalue weighted by molar-refractivity contribution is 5.78. The number of piperazine rings is 1. The average Bonchev–Trinajstić information content (AvgIpc) is 3.16. The molecule has 1 N–H and O–H groups in total. The highest BCUT2D eigenvalue weighted by Gasteiger charge is 2.38. The predicted octanol–water partition coefficient (Wildman–Crippen LogP) is 5.49. The third kappa shape index (κ3) is 4.33. The lowest BCUT2D eigenvalue weighted by atomic mass is 10.1. The summed E-state index contributed by atoms with van der Waals surface area (Å²) in [7, 11) is 0. The van der Waals surface area contributed by atoms with Gasteiger partial charge in [0.05, 0.1) is 22.2 Å². The van der Waals surface area contributed by atoms with Crippen LogP contribution in [0.1, 0.15) is 30.9 Å². The van der Waals surface area contributed by atoms with E-state index in [0.29, 0.717) is 31.0 Å². The number of fused-ring (bicyclic) bond motifs is 1. The largest absolute Gasteiger partial charge is 0.419 e. The number of halogens is 6. The van der Waals surface area contributed by atoms with Crippen molar-refractivity contribution in [3.8, 4) is 0 Å². The minimum Gasteiger partial charge on any atom is -0.352 e. The Labute approximate surface area is 180 Å². The molecule has 1 saturated heterocycles. The number of nitrogens with zero attached hydrogens (tertiary/aromatic N) is 4. The molecule has 0 spiro atoms. The van der Waals surface area contributed by atoms with Gasteiger partial charge in [-0.05, 0) is 36.8 Å². The SMILES string of the molecule is CCC[C@@H]1CN(c2ncccc2C(F)(F)F)CCN1c1nc2ccc(C(F)(F)F)cc2[nH]1. The molecule has 1 fully saturated rings. The Morgan fingerprint density at radius 3 is 2.53 bits per heavy atom. The molecule has 0 amide bonds. The fraction of sp³-hybridized carbons (Fsp3) is 0.429. The Hall–Kier alpha value is -2.98. The fourth-order valence-electron chi connectivity index (χ4n) is 4.09. The first kappa shape index (κ1) is 22.2. The summed E-state index contributed by atoms with van der Waals surface area (Å²) in [6.07, 6.45) is -6.19. The molecule has 2 aromatic heterocycles. The molecule has 4 rings (SSSR count). The summed E-state index contributed by atoms with van der Waals surface area (Å²) in [5, 5.41) is 0. The van der Waals surface area contributed by atoms with E-state index in [-0.39, 0.29) is 23.9 Å². The van der Waals surface area contributed by atoms with E-state index in [1.54, 1.807) is 4.90 Å². The normalized spacial score (nSPS) is 17.9. The van der Waals surface area contributed by atoms with E-state index >= 15 is 0 Å². The van der Waals surface area contributed by atoms with Crippen LogP contribution in [-0.4, -0.2) is 40.6 Å². The molecule has 0 saturated carbocycles. The van der Waals surface area contributed by atoms with Gasteiger partial charge in [0.25, 0.3) is 0 Å². The third-order valence-corrected chi connectivity index (χ3v) is 5.57. The van der Waals surface area contributed by atoms with Crippen LogP contribution in [0.5, 0.6) is 0 Å². The van der Waals surface area contributed by atoms with Crippen molar-refractivity contribution >= 4 is 22.8 Å². The molecule has 1 aromatic carbocycles. The quantitative estimate of drug-likeness (QED) is 0.527. The number of anilines is 2. The smallest absolute Gasteiger partial charge is 0.352 e. The molecule has 1 aliphatic rings. The highest BCUT2D eigenvalue weighted by atomic mass is 19.4. The number of nitrogens with one attached hydrogen (secondary N) is 1. The molecule has 0 unspecified atom stereocenters. The number of hydrogen-bond acceptors (Lipinski definition) is 4. The van der Waals surface area contributed by atoms with Gasteiger partial charge in [-0.15, -0.1) is 0 Å². The average molecular weight is 457 g/mol. The first-order valence-electron chi connectivity index (χ1n) is 10.2. The molecule has 172 valence electrons. The van der Waals surface area contributed by atoms with Gasteiger partial charge >= 0.3 is 12.4 Å². The van der Waals surface area contributed by atoms with Gasteiger partial charge in [-0.2, -0.15) is 26.3 Å². The lowest BCUT2D eigenvalue weighted by molar-refractivity contribution is -0.138. The standard InChI is InChI=1S/C21H21F6N5/c1-2-4-14-12-31(18-15(21(25,26)27)5-3-8-28-18)9-10-32(14)19-29-16-7-6-13(20(22,23)24)11-17(16)30-19/h3,5-8,11,14H,2,4,9-10,12H2,1H3,(H,29,30)/t14-/m1/s1. The fourth-order valence-corrected chi connectivity index (χ4v) is 4.09. The maximum Gasteiger partial charge on any atom is 0.419 e. The van der Waals surface area contributed by atoms with Gasteiger partial charge in [-0.3, -0.25) is 0 Å². The van der Waals surface area contributed by atoms with Gasteiger partial charge in [-0.25, -0.2) is 9.97 Å². The Morgan fingerprint density at radius 2 is 1.84 bits per heavy atom. The van der Waals surface area contributed by atoms with Crippen molar-refractivity contribution < 1.29 is 26.3 Å². The number of alkyl halides is 6. The van der Waals surface area contributed by atoms with E-state index in [9.17, 15) is 26.3 Å². The van der Waals surface area contributed by atoms with Gasteiger partial charge in [0, 0.05) is 31.9 Å². The molecule has 0 aliphatic carbocycles. The van der Waals surface area contributed by atoms with Gasteiger partial charge in [0.15, 0.2) is 0 Å². The molecule has 0 bridgehead atoms. The predicted molar refractivity (Wildman–Crippen MR) is 109 cm³/mol. The lowest BCUT2D eigenvalue weighted by Crippen LogP contribution is -2.54. The summed E-state index contributed by atoms with van der Waals surface area (Å²) < 4.78 is 79.4. The lowest BCUT2D eigenvalue weighted by Gasteiger charge is -2.42. The maximum atomic E-state index is 13.5. The van der Waals surface area contributed by atoms with Crippen LogP contribution in [0.2, 0.25) is 0 Å². The van der Waals surface area contributed by atoms with Crippen LogP contribution >= 0.6 is 0 Å². The molecule has 1 atom stereocenters. The first-order chi connectivity index (χ1) is 15.1. The van der Waals surface area contributed by atoms with E-state index in [0.717, 1.165) is 24.6 Å². The zero-order valence-electron chi connectivity index (χ0n) is 17.1. The number of benzene rings is 1. The summed E-state index contributed by atoms with van der Waals surface area (Å²) >= 11 is 0. The monoisotopic (exact) mass is 457 g/mol. The number of hydrogen-bond donors (Lipinski definition) is 1. The Kier molecular flexibility index (Phi) is 5.68. The molecule has 32 heavy (non-hydrogen) atoms. The van der Waals surface area contributed by atoms with E-state index in [4.69, 9.17) is 0 Å². The minimum atomic E-state index is -4.52. The zero-order chi connectivity index (χ0) is 23.1. The van der Waals surface area contributed by atoms with Crippen LogP contribution in [0.4, 0.5) is 38.1 Å². The third-order valence-electron chi connectivity index (χ3n) is 5.57. The van der Waals surface area contributed by atoms with Gasteiger partial charge in [-0.1, -0.05) is 13.3 Å². The van der Waals surface area contributed by atoms with Crippen molar-refractivity contribution in [1.82, 2.24) is 15.0 Å². The van der Waals surface area contributed by atoms with Gasteiger partial charge < -0.3 is 14.8 Å². The maximum absolute atomic E-state index is 13.5. The van der Waals surface area contributed by atoms with Gasteiger partial charge in [0.1, 0.15) is 5.82 Å². The molecular weight excluding hydrogens is 436 g/mol. The topological polar surface area (TPSA) is 48.1 Å². The van der Waals surface area contributed by atoms with E-state index < -0.39 is 23.5 Å². The number of rotatable bonds is 4. The molecule has 1 aliphatic heterocycles. The van der Waals surface area contributed by atoms with Crippen molar-refractivity contribution in [3.05, 3.63) is 47.7 Å². The van der Waals surface area contributed by atoms with Crippen molar-refractivity contribution in [2.75, 3.05) is 29.4 Å². The van der Waals surface area contributed by atoms with Crippen LogP contribution in [0.25, 0.3) is 11.0 Å². The molecular formula is C21H21F6N5. The summed E-state index contributed by atoms with van der Waals surface area (Å²) in [4.78, 5) is 14.9. The van der Waals surface area contributed by atoms with Crippen LogP contribution in [0, 0.1) is 0 Å². The van der Waals surface area contributed by atoms with Crippen molar-refractivity contribution in [2.24, 2.45) is 0 Å². The van der Waals surface area contributed by atoms with Crippen molar-refractivity contribution in [1.29, 1.82) is 0 Å². The van der Waals surface area contributed by atoms with Crippen LogP contribution in [0.15, 0.2) is 36.5 Å².